The van der Waals surface area contributed by atoms with Gasteiger partial charge in [-0.2, -0.15) is 5.10 Å². The molecule has 1 aromatic carbocycles. The molecule has 1 heterocycles. The highest BCUT2D eigenvalue weighted by Gasteiger charge is 2.12. The third kappa shape index (κ3) is 3.29. The standard InChI is InChI=1S/C14H12BrClN2O2/c1-18-8-11(16)14(17-18)12(19)5-3-9-7-10(15)4-6-13(9)20-2/h3-8H,1-2H3/b5-3+. The summed E-state index contributed by atoms with van der Waals surface area (Å²) in [7, 11) is 3.29. The number of ether oxygens (including phenoxy) is 1. The Labute approximate surface area is 130 Å². The summed E-state index contributed by atoms with van der Waals surface area (Å²) < 4.78 is 7.64. The van der Waals surface area contributed by atoms with Crippen LogP contribution in [0, 0.1) is 0 Å². The number of aromatic nitrogens is 2. The molecule has 0 spiro atoms. The van der Waals surface area contributed by atoms with Gasteiger partial charge in [0.2, 0.25) is 5.78 Å². The van der Waals surface area contributed by atoms with Gasteiger partial charge in [0, 0.05) is 23.3 Å². The molecule has 0 aliphatic rings. The van der Waals surface area contributed by atoms with Crippen molar-refractivity contribution in [3.63, 3.8) is 0 Å². The van der Waals surface area contributed by atoms with Gasteiger partial charge in [0.15, 0.2) is 5.69 Å². The topological polar surface area (TPSA) is 44.1 Å². The maximum Gasteiger partial charge on any atom is 0.207 e. The average Bonchev–Trinajstić information content (AvgIpc) is 2.75. The van der Waals surface area contributed by atoms with Crippen LogP contribution < -0.4 is 4.74 Å². The average molecular weight is 356 g/mol. The molecule has 4 nitrogen and oxygen atoms in total. The van der Waals surface area contributed by atoms with Gasteiger partial charge in [-0.05, 0) is 30.4 Å². The van der Waals surface area contributed by atoms with E-state index in [-0.39, 0.29) is 11.5 Å². The predicted molar refractivity (Wildman–Crippen MR) is 82.3 cm³/mol. The SMILES string of the molecule is COc1ccc(Br)cc1/C=C/C(=O)c1nn(C)cc1Cl. The number of allylic oxidation sites excluding steroid dienone is 1. The van der Waals surface area contributed by atoms with E-state index >= 15 is 0 Å². The van der Waals surface area contributed by atoms with Crippen LogP contribution in [0.1, 0.15) is 16.1 Å². The molecule has 104 valence electrons. The number of carbonyl (C=O) groups excluding carboxylic acids is 1. The molecule has 0 unspecified atom stereocenters. The van der Waals surface area contributed by atoms with Gasteiger partial charge in [-0.15, -0.1) is 0 Å². The molecule has 1 aromatic heterocycles. The lowest BCUT2D eigenvalue weighted by atomic mass is 10.1. The van der Waals surface area contributed by atoms with Crippen molar-refractivity contribution in [2.45, 2.75) is 0 Å². The first-order valence-corrected chi connectivity index (χ1v) is 6.93. The third-order valence-corrected chi connectivity index (χ3v) is 3.39. The highest BCUT2D eigenvalue weighted by atomic mass is 79.9. The highest BCUT2D eigenvalue weighted by Crippen LogP contribution is 2.24. The molecule has 0 aliphatic carbocycles. The predicted octanol–water partition coefficient (Wildman–Crippen LogP) is 3.74. The molecule has 0 N–H and O–H groups in total. The van der Waals surface area contributed by atoms with E-state index in [0.717, 1.165) is 10.0 Å². The number of methoxy groups -OCH3 is 1. The normalized spacial score (nSPS) is 11.0. The van der Waals surface area contributed by atoms with Gasteiger partial charge >= 0.3 is 0 Å². The van der Waals surface area contributed by atoms with Crippen LogP contribution in [0.2, 0.25) is 5.02 Å². The molecule has 0 amide bonds. The summed E-state index contributed by atoms with van der Waals surface area (Å²) in [5.41, 5.74) is 1.03. The first-order chi connectivity index (χ1) is 9.51. The van der Waals surface area contributed by atoms with Crippen LogP contribution in [-0.4, -0.2) is 22.7 Å². The van der Waals surface area contributed by atoms with Crippen molar-refractivity contribution in [1.82, 2.24) is 9.78 Å². The van der Waals surface area contributed by atoms with Crippen molar-refractivity contribution in [3.8, 4) is 5.75 Å². The second-order valence-electron chi connectivity index (χ2n) is 4.08. The molecular formula is C14H12BrClN2O2. The molecule has 2 rings (SSSR count). The lowest BCUT2D eigenvalue weighted by Crippen LogP contribution is -1.98. The number of hydrogen-bond donors (Lipinski definition) is 0. The lowest BCUT2D eigenvalue weighted by Gasteiger charge is -2.04. The van der Waals surface area contributed by atoms with E-state index in [1.54, 1.807) is 26.4 Å². The monoisotopic (exact) mass is 354 g/mol. The summed E-state index contributed by atoms with van der Waals surface area (Å²) in [6.45, 7) is 0. The Hall–Kier alpha value is -1.59. The van der Waals surface area contributed by atoms with E-state index in [1.807, 2.05) is 18.2 Å². The summed E-state index contributed by atoms with van der Waals surface area (Å²) >= 11 is 9.32. The van der Waals surface area contributed by atoms with E-state index in [4.69, 9.17) is 16.3 Å². The van der Waals surface area contributed by atoms with Crippen LogP contribution in [0.4, 0.5) is 0 Å². The second-order valence-corrected chi connectivity index (χ2v) is 5.41. The zero-order valence-corrected chi connectivity index (χ0v) is 13.3. The van der Waals surface area contributed by atoms with E-state index in [2.05, 4.69) is 21.0 Å². The minimum absolute atomic E-state index is 0.236. The Balaban J connectivity index is 2.27. The maximum absolute atomic E-state index is 12.0. The number of carbonyl (C=O) groups is 1. The number of aryl methyl sites for hydroxylation is 1. The molecule has 0 saturated heterocycles. The molecule has 6 heteroatoms. The van der Waals surface area contributed by atoms with Crippen LogP contribution in [0.5, 0.6) is 5.75 Å². The molecule has 20 heavy (non-hydrogen) atoms. The van der Waals surface area contributed by atoms with Gasteiger partial charge in [0.25, 0.3) is 0 Å². The number of hydrogen-bond acceptors (Lipinski definition) is 3. The Kier molecular flexibility index (Phi) is 4.62. The molecule has 0 atom stereocenters. The van der Waals surface area contributed by atoms with Crippen LogP contribution in [0.15, 0.2) is 34.9 Å². The number of ketones is 1. The summed E-state index contributed by atoms with van der Waals surface area (Å²) in [5.74, 6) is 0.432. The van der Waals surface area contributed by atoms with E-state index in [1.165, 1.54) is 10.8 Å². The van der Waals surface area contributed by atoms with Gasteiger partial charge in [-0.1, -0.05) is 27.5 Å². The largest absolute Gasteiger partial charge is 0.496 e. The third-order valence-electron chi connectivity index (χ3n) is 2.62. The molecule has 0 saturated carbocycles. The van der Waals surface area contributed by atoms with Gasteiger partial charge in [-0.25, -0.2) is 0 Å². The van der Waals surface area contributed by atoms with Crippen molar-refractivity contribution in [2.75, 3.05) is 7.11 Å². The zero-order chi connectivity index (χ0) is 14.7. The van der Waals surface area contributed by atoms with Crippen LogP contribution in [-0.2, 0) is 7.05 Å². The Morgan fingerprint density at radius 2 is 2.25 bits per heavy atom. The van der Waals surface area contributed by atoms with Gasteiger partial charge < -0.3 is 4.74 Å². The highest BCUT2D eigenvalue weighted by molar-refractivity contribution is 9.10. The van der Waals surface area contributed by atoms with Crippen molar-refractivity contribution in [2.24, 2.45) is 7.05 Å². The number of halogens is 2. The van der Waals surface area contributed by atoms with Crippen molar-refractivity contribution >= 4 is 39.4 Å². The van der Waals surface area contributed by atoms with E-state index < -0.39 is 0 Å². The van der Waals surface area contributed by atoms with Gasteiger partial charge in [-0.3, -0.25) is 9.48 Å². The summed E-state index contributed by atoms with van der Waals surface area (Å²) in [5, 5.41) is 4.36. The molecule has 2 aromatic rings. The second kappa shape index (κ2) is 6.24. The zero-order valence-electron chi connectivity index (χ0n) is 10.9. The lowest BCUT2D eigenvalue weighted by molar-refractivity contribution is 0.104. The Bertz CT molecular complexity index is 680. The van der Waals surface area contributed by atoms with E-state index in [0.29, 0.717) is 10.8 Å². The fourth-order valence-electron chi connectivity index (χ4n) is 1.71. The number of benzene rings is 1. The van der Waals surface area contributed by atoms with Crippen LogP contribution in [0.25, 0.3) is 6.08 Å². The number of nitrogens with zero attached hydrogens (tertiary/aromatic N) is 2. The molecule has 0 fully saturated rings. The summed E-state index contributed by atoms with van der Waals surface area (Å²) in [6, 6.07) is 5.55. The first-order valence-electron chi connectivity index (χ1n) is 5.76. The molecular weight excluding hydrogens is 344 g/mol. The smallest absolute Gasteiger partial charge is 0.207 e. The van der Waals surface area contributed by atoms with E-state index in [9.17, 15) is 4.79 Å². The fourth-order valence-corrected chi connectivity index (χ4v) is 2.36. The van der Waals surface area contributed by atoms with Gasteiger partial charge in [0.1, 0.15) is 5.75 Å². The minimum Gasteiger partial charge on any atom is -0.496 e. The van der Waals surface area contributed by atoms with Gasteiger partial charge in [0.05, 0.1) is 12.1 Å². The van der Waals surface area contributed by atoms with Crippen LogP contribution in [0.3, 0.4) is 0 Å². The van der Waals surface area contributed by atoms with Crippen molar-refractivity contribution < 1.29 is 9.53 Å². The molecule has 0 bridgehead atoms. The first kappa shape index (κ1) is 14.8. The fraction of sp³-hybridized carbons (Fsp3) is 0.143. The van der Waals surface area contributed by atoms with Crippen molar-refractivity contribution in [1.29, 1.82) is 0 Å². The van der Waals surface area contributed by atoms with Crippen molar-refractivity contribution in [3.05, 3.63) is 51.2 Å². The Morgan fingerprint density at radius 1 is 1.50 bits per heavy atom. The van der Waals surface area contributed by atoms with Crippen LogP contribution >= 0.6 is 27.5 Å². The molecule has 0 aliphatic heterocycles. The minimum atomic E-state index is -0.252. The Morgan fingerprint density at radius 3 is 2.85 bits per heavy atom. The number of rotatable bonds is 4. The quantitative estimate of drug-likeness (QED) is 0.620. The maximum atomic E-state index is 12.0. The molecule has 0 radical (unpaired) electrons. The summed E-state index contributed by atoms with van der Waals surface area (Å²) in [6.07, 6.45) is 4.69. The summed E-state index contributed by atoms with van der Waals surface area (Å²) in [4.78, 5) is 12.0.